The smallest absolute Gasteiger partial charge is 0.141 e. The maximum Gasteiger partial charge on any atom is 0.141 e. The van der Waals surface area contributed by atoms with E-state index in [9.17, 15) is 4.39 Å². The van der Waals surface area contributed by atoms with Gasteiger partial charge in [0.1, 0.15) is 17.8 Å². The zero-order valence-corrected chi connectivity index (χ0v) is 18.6. The van der Waals surface area contributed by atoms with E-state index in [1.807, 2.05) is 13.1 Å². The summed E-state index contributed by atoms with van der Waals surface area (Å²) in [5.74, 6) is 0.913. The van der Waals surface area contributed by atoms with Crippen molar-refractivity contribution in [1.29, 1.82) is 0 Å². The third-order valence-electron chi connectivity index (χ3n) is 6.43. The average molecular weight is 427 g/mol. The Hall–Kier alpha value is -2.37. The topological polar surface area (TPSA) is 44.9 Å². The second-order valence-corrected chi connectivity index (χ2v) is 8.93. The molecule has 0 spiro atoms. The van der Waals surface area contributed by atoms with Crippen LogP contribution in [0.1, 0.15) is 25.8 Å². The van der Waals surface area contributed by atoms with Gasteiger partial charge < -0.3 is 10.6 Å². The van der Waals surface area contributed by atoms with Gasteiger partial charge in [0.2, 0.25) is 0 Å². The highest BCUT2D eigenvalue weighted by Gasteiger charge is 2.33. The van der Waals surface area contributed by atoms with Crippen LogP contribution in [0.4, 0.5) is 4.39 Å². The van der Waals surface area contributed by atoms with Crippen LogP contribution in [0.3, 0.4) is 0 Å². The number of hydrogen-bond acceptors (Lipinski definition) is 4. The Morgan fingerprint density at radius 1 is 1.23 bits per heavy atom. The Kier molecular flexibility index (Phi) is 5.60. The van der Waals surface area contributed by atoms with Crippen LogP contribution in [0.15, 0.2) is 64.3 Å². The second kappa shape index (κ2) is 8.05. The van der Waals surface area contributed by atoms with Crippen LogP contribution in [-0.2, 0) is 0 Å². The van der Waals surface area contributed by atoms with E-state index in [-0.39, 0.29) is 17.1 Å². The van der Waals surface area contributed by atoms with Crippen molar-refractivity contribution in [2.45, 2.75) is 26.4 Å². The fraction of sp³-hybridized carbons (Fsp3) is 0.375. The number of fused-ring (bicyclic) bond motifs is 1. The zero-order chi connectivity index (χ0) is 21.6. The van der Waals surface area contributed by atoms with Crippen LogP contribution in [0.5, 0.6) is 0 Å². The number of benzene rings is 1. The normalized spacial score (nSPS) is 27.3. The van der Waals surface area contributed by atoms with E-state index in [0.717, 1.165) is 28.7 Å². The van der Waals surface area contributed by atoms with Crippen LogP contribution in [0.25, 0.3) is 5.57 Å². The van der Waals surface area contributed by atoms with Gasteiger partial charge in [0, 0.05) is 18.8 Å². The summed E-state index contributed by atoms with van der Waals surface area (Å²) in [7, 11) is 4.11. The Morgan fingerprint density at radius 2 is 2.00 bits per heavy atom. The van der Waals surface area contributed by atoms with E-state index in [2.05, 4.69) is 60.1 Å². The lowest BCUT2D eigenvalue weighted by molar-refractivity contribution is 0.151. The van der Waals surface area contributed by atoms with Gasteiger partial charge in [-0.25, -0.2) is 4.39 Å². The molecule has 158 valence electrons. The lowest BCUT2D eigenvalue weighted by atomic mass is 9.80. The maximum absolute atomic E-state index is 13.9. The zero-order valence-electron chi connectivity index (χ0n) is 17.9. The van der Waals surface area contributed by atoms with Crippen LogP contribution < -0.4 is 5.73 Å². The molecule has 1 aromatic rings. The van der Waals surface area contributed by atoms with E-state index in [0.29, 0.717) is 18.4 Å². The van der Waals surface area contributed by atoms with Crippen molar-refractivity contribution in [3.63, 3.8) is 0 Å². The van der Waals surface area contributed by atoms with E-state index in [4.69, 9.17) is 17.3 Å². The van der Waals surface area contributed by atoms with Gasteiger partial charge >= 0.3 is 0 Å². The number of rotatable bonds is 2. The summed E-state index contributed by atoms with van der Waals surface area (Å²) in [5, 5.41) is 0.144. The van der Waals surface area contributed by atoms with Gasteiger partial charge in [-0.1, -0.05) is 43.7 Å². The first-order valence-electron chi connectivity index (χ1n) is 10.3. The Labute approximate surface area is 182 Å². The molecule has 0 amide bonds. The Balaban J connectivity index is 1.91. The van der Waals surface area contributed by atoms with Gasteiger partial charge in [-0.15, -0.1) is 0 Å². The molecule has 1 aliphatic carbocycles. The number of likely N-dealkylation sites (N-methyl/N-ethyl adjacent to an activating group) is 2. The summed E-state index contributed by atoms with van der Waals surface area (Å²) < 4.78 is 13.9. The minimum Gasteiger partial charge on any atom is -0.384 e. The third kappa shape index (κ3) is 3.61. The predicted molar refractivity (Wildman–Crippen MR) is 122 cm³/mol. The number of nitrogens with zero attached hydrogens (tertiary/aromatic N) is 3. The molecule has 0 bridgehead atoms. The molecule has 0 aromatic heterocycles. The SMILES string of the molecule is CC1CC=CC(C2=CN(C)C3C(=C2)C(N)=NCN3C)=C(c2ccc(F)c(Cl)c2)C1C. The van der Waals surface area contributed by atoms with Crippen LogP contribution in [0.2, 0.25) is 5.02 Å². The standard InChI is InChI=1S/C24H28ClFN4/c1-14-6-5-7-18(22(15(14)2)16-8-9-21(26)20(25)11-16)17-10-19-23(27)28-13-30(4)24(19)29(3)12-17/h5,7-12,14-15,24H,6,13H2,1-4H3,(H2,27,28). The summed E-state index contributed by atoms with van der Waals surface area (Å²) in [6.07, 6.45) is 9.77. The average Bonchev–Trinajstić information content (AvgIpc) is 2.85. The number of hydrogen-bond donors (Lipinski definition) is 1. The molecular formula is C24H28ClFN4. The monoisotopic (exact) mass is 426 g/mol. The lowest BCUT2D eigenvalue weighted by Crippen LogP contribution is -2.51. The highest BCUT2D eigenvalue weighted by Crippen LogP contribution is 2.41. The van der Waals surface area contributed by atoms with Crippen molar-refractivity contribution < 1.29 is 4.39 Å². The first kappa shape index (κ1) is 20.9. The van der Waals surface area contributed by atoms with Crippen LogP contribution in [0, 0.1) is 17.7 Å². The maximum atomic E-state index is 13.9. The fourth-order valence-electron chi connectivity index (χ4n) is 4.60. The number of allylic oxidation sites excluding steroid dienone is 6. The molecule has 30 heavy (non-hydrogen) atoms. The largest absolute Gasteiger partial charge is 0.384 e. The van der Waals surface area contributed by atoms with Crippen LogP contribution >= 0.6 is 11.6 Å². The van der Waals surface area contributed by atoms with Gasteiger partial charge in [0.05, 0.1) is 11.7 Å². The van der Waals surface area contributed by atoms with Gasteiger partial charge in [-0.05, 0) is 65.8 Å². The molecule has 0 fully saturated rings. The molecule has 2 aliphatic heterocycles. The number of aliphatic imine (C=N–C) groups is 1. The number of halogens is 2. The van der Waals surface area contributed by atoms with Gasteiger partial charge in [0.25, 0.3) is 0 Å². The third-order valence-corrected chi connectivity index (χ3v) is 6.72. The van der Waals surface area contributed by atoms with Gasteiger partial charge in [-0.3, -0.25) is 9.89 Å². The Morgan fingerprint density at radius 3 is 2.73 bits per heavy atom. The molecule has 3 atom stereocenters. The lowest BCUT2D eigenvalue weighted by Gasteiger charge is -2.41. The summed E-state index contributed by atoms with van der Waals surface area (Å²) in [6, 6.07) is 5.01. The van der Waals surface area contributed by atoms with Crippen molar-refractivity contribution in [2.24, 2.45) is 22.6 Å². The van der Waals surface area contributed by atoms with Crippen molar-refractivity contribution in [3.8, 4) is 0 Å². The molecule has 1 aromatic carbocycles. The molecular weight excluding hydrogens is 399 g/mol. The Bertz CT molecular complexity index is 1020. The van der Waals surface area contributed by atoms with E-state index >= 15 is 0 Å². The number of amidine groups is 1. The van der Waals surface area contributed by atoms with Gasteiger partial charge in [0.15, 0.2) is 0 Å². The van der Waals surface area contributed by atoms with Crippen molar-refractivity contribution in [2.75, 3.05) is 20.8 Å². The quantitative estimate of drug-likeness (QED) is 0.738. The highest BCUT2D eigenvalue weighted by molar-refractivity contribution is 6.30. The van der Waals surface area contributed by atoms with E-state index < -0.39 is 5.82 Å². The fourth-order valence-corrected chi connectivity index (χ4v) is 4.79. The number of nitrogens with two attached hydrogens (primary N) is 1. The van der Waals surface area contributed by atoms with Crippen molar-refractivity contribution >= 4 is 23.0 Å². The summed E-state index contributed by atoms with van der Waals surface area (Å²) in [5.41, 5.74) is 11.6. The first-order chi connectivity index (χ1) is 14.3. The molecule has 0 saturated heterocycles. The molecule has 0 radical (unpaired) electrons. The summed E-state index contributed by atoms with van der Waals surface area (Å²) in [6.45, 7) is 5.06. The highest BCUT2D eigenvalue weighted by atomic mass is 35.5. The molecule has 3 aliphatic rings. The molecule has 6 heteroatoms. The summed E-state index contributed by atoms with van der Waals surface area (Å²) in [4.78, 5) is 8.80. The van der Waals surface area contributed by atoms with Crippen molar-refractivity contribution in [3.05, 3.63) is 75.7 Å². The van der Waals surface area contributed by atoms with Gasteiger partial charge in [-0.2, -0.15) is 0 Å². The second-order valence-electron chi connectivity index (χ2n) is 8.53. The van der Waals surface area contributed by atoms with Crippen LogP contribution in [-0.4, -0.2) is 42.6 Å². The molecule has 0 saturated carbocycles. The molecule has 4 rings (SSSR count). The van der Waals surface area contributed by atoms with Crippen molar-refractivity contribution in [1.82, 2.24) is 9.80 Å². The summed E-state index contributed by atoms with van der Waals surface area (Å²) >= 11 is 6.15. The molecule has 3 unspecified atom stereocenters. The predicted octanol–water partition coefficient (Wildman–Crippen LogP) is 4.81. The van der Waals surface area contributed by atoms with E-state index in [1.165, 1.54) is 11.6 Å². The minimum atomic E-state index is -0.400. The first-order valence-corrected chi connectivity index (χ1v) is 10.7. The van der Waals surface area contributed by atoms with E-state index in [1.54, 1.807) is 6.07 Å². The molecule has 4 nitrogen and oxygen atoms in total. The molecule has 2 heterocycles. The minimum absolute atomic E-state index is 0.0710. The molecule has 2 N–H and O–H groups in total.